The highest BCUT2D eigenvalue weighted by atomic mass is 16.2. The maximum atomic E-state index is 12.5. The summed E-state index contributed by atoms with van der Waals surface area (Å²) in [6.07, 6.45) is 4.26. The number of rotatable bonds is 12. The molecule has 0 aromatic rings. The standard InChI is InChI=1S/C18H35N3O3/c1-6-7-8-14(11-22)20-18(24)16(10-13(4)5)21-17(23)15(19)9-12(2)3/h11-16H,6-10,19H2,1-5H3,(H,20,24)(H,21,23). The summed E-state index contributed by atoms with van der Waals surface area (Å²) >= 11 is 0. The van der Waals surface area contributed by atoms with Crippen molar-refractivity contribution in [2.45, 2.75) is 84.8 Å². The second-order valence-electron chi connectivity index (χ2n) is 7.32. The Kier molecular flexibility index (Phi) is 11.3. The third kappa shape index (κ3) is 9.65. The summed E-state index contributed by atoms with van der Waals surface area (Å²) in [5.41, 5.74) is 5.89. The molecule has 2 amide bonds. The molecule has 0 rings (SSSR count). The minimum Gasteiger partial charge on any atom is -0.345 e. The fourth-order valence-corrected chi connectivity index (χ4v) is 2.48. The Labute approximate surface area is 146 Å². The summed E-state index contributed by atoms with van der Waals surface area (Å²) in [6.45, 7) is 9.98. The zero-order valence-electron chi connectivity index (χ0n) is 15.8. The largest absolute Gasteiger partial charge is 0.345 e. The van der Waals surface area contributed by atoms with Crippen molar-refractivity contribution in [3.8, 4) is 0 Å². The molecule has 0 aliphatic rings. The van der Waals surface area contributed by atoms with Gasteiger partial charge in [-0.3, -0.25) is 9.59 Å². The van der Waals surface area contributed by atoms with Crippen LogP contribution in [0.3, 0.4) is 0 Å². The third-order valence-corrected chi connectivity index (χ3v) is 3.76. The van der Waals surface area contributed by atoms with Crippen LogP contribution < -0.4 is 16.4 Å². The maximum absolute atomic E-state index is 12.5. The molecular weight excluding hydrogens is 306 g/mol. The molecule has 0 radical (unpaired) electrons. The molecule has 3 atom stereocenters. The van der Waals surface area contributed by atoms with Crippen molar-refractivity contribution < 1.29 is 14.4 Å². The van der Waals surface area contributed by atoms with Crippen LogP contribution in [-0.4, -0.2) is 36.2 Å². The van der Waals surface area contributed by atoms with Crippen molar-refractivity contribution in [1.82, 2.24) is 10.6 Å². The molecule has 24 heavy (non-hydrogen) atoms. The first-order chi connectivity index (χ1) is 11.2. The van der Waals surface area contributed by atoms with Crippen molar-refractivity contribution in [2.24, 2.45) is 17.6 Å². The molecule has 3 unspecified atom stereocenters. The van der Waals surface area contributed by atoms with Crippen LogP contribution >= 0.6 is 0 Å². The topological polar surface area (TPSA) is 101 Å². The van der Waals surface area contributed by atoms with Gasteiger partial charge in [-0.05, 0) is 31.1 Å². The highest BCUT2D eigenvalue weighted by molar-refractivity contribution is 5.90. The van der Waals surface area contributed by atoms with E-state index in [0.29, 0.717) is 25.2 Å². The predicted octanol–water partition coefficient (Wildman–Crippen LogP) is 1.76. The smallest absolute Gasteiger partial charge is 0.243 e. The molecule has 0 bridgehead atoms. The van der Waals surface area contributed by atoms with E-state index < -0.39 is 18.1 Å². The normalized spacial score (nSPS) is 15.0. The lowest BCUT2D eigenvalue weighted by molar-refractivity contribution is -0.131. The molecule has 0 aromatic carbocycles. The lowest BCUT2D eigenvalue weighted by Gasteiger charge is -2.24. The SMILES string of the molecule is CCCCC(C=O)NC(=O)C(CC(C)C)NC(=O)C(N)CC(C)C. The maximum Gasteiger partial charge on any atom is 0.243 e. The molecule has 0 fully saturated rings. The van der Waals surface area contributed by atoms with E-state index in [-0.39, 0.29) is 17.7 Å². The Morgan fingerprint density at radius 2 is 1.58 bits per heavy atom. The zero-order valence-corrected chi connectivity index (χ0v) is 15.8. The monoisotopic (exact) mass is 341 g/mol. The van der Waals surface area contributed by atoms with Crippen LogP contribution in [0.15, 0.2) is 0 Å². The molecule has 0 spiro atoms. The minimum absolute atomic E-state index is 0.229. The Balaban J connectivity index is 4.82. The van der Waals surface area contributed by atoms with Crippen LogP contribution in [-0.2, 0) is 14.4 Å². The van der Waals surface area contributed by atoms with Crippen LogP contribution in [0.5, 0.6) is 0 Å². The second-order valence-corrected chi connectivity index (χ2v) is 7.32. The molecule has 0 aliphatic carbocycles. The van der Waals surface area contributed by atoms with E-state index in [1.54, 1.807) is 0 Å². The van der Waals surface area contributed by atoms with Gasteiger partial charge in [0.15, 0.2) is 0 Å². The van der Waals surface area contributed by atoms with Crippen molar-refractivity contribution in [3.05, 3.63) is 0 Å². The number of carbonyl (C=O) groups is 3. The first-order valence-corrected chi connectivity index (χ1v) is 9.02. The first kappa shape index (κ1) is 22.6. The minimum atomic E-state index is -0.667. The average Bonchev–Trinajstić information content (AvgIpc) is 2.49. The fourth-order valence-electron chi connectivity index (χ4n) is 2.48. The van der Waals surface area contributed by atoms with Gasteiger partial charge < -0.3 is 21.2 Å². The van der Waals surface area contributed by atoms with Gasteiger partial charge in [-0.15, -0.1) is 0 Å². The number of aldehydes is 1. The third-order valence-electron chi connectivity index (χ3n) is 3.76. The van der Waals surface area contributed by atoms with E-state index in [0.717, 1.165) is 19.1 Å². The van der Waals surface area contributed by atoms with E-state index in [9.17, 15) is 14.4 Å². The van der Waals surface area contributed by atoms with E-state index in [2.05, 4.69) is 10.6 Å². The number of hydrogen-bond acceptors (Lipinski definition) is 4. The highest BCUT2D eigenvalue weighted by Crippen LogP contribution is 2.08. The van der Waals surface area contributed by atoms with Gasteiger partial charge in [-0.25, -0.2) is 0 Å². The number of hydrogen-bond donors (Lipinski definition) is 3. The van der Waals surface area contributed by atoms with Gasteiger partial charge in [0.05, 0.1) is 12.1 Å². The van der Waals surface area contributed by atoms with Gasteiger partial charge >= 0.3 is 0 Å². The van der Waals surface area contributed by atoms with Gasteiger partial charge in [-0.1, -0.05) is 47.5 Å². The Bertz CT molecular complexity index is 397. The second kappa shape index (κ2) is 12.0. The van der Waals surface area contributed by atoms with Crippen LogP contribution in [0.2, 0.25) is 0 Å². The summed E-state index contributed by atoms with van der Waals surface area (Å²) in [6, 6.07) is -1.80. The Morgan fingerprint density at radius 1 is 1.00 bits per heavy atom. The van der Waals surface area contributed by atoms with Crippen LogP contribution in [0.1, 0.15) is 66.7 Å². The summed E-state index contributed by atoms with van der Waals surface area (Å²) < 4.78 is 0. The lowest BCUT2D eigenvalue weighted by atomic mass is 10.00. The number of nitrogens with one attached hydrogen (secondary N) is 2. The Morgan fingerprint density at radius 3 is 2.04 bits per heavy atom. The van der Waals surface area contributed by atoms with Crippen LogP contribution in [0, 0.1) is 11.8 Å². The molecule has 0 saturated carbocycles. The number of unbranched alkanes of at least 4 members (excludes halogenated alkanes) is 1. The summed E-state index contributed by atoms with van der Waals surface area (Å²) in [4.78, 5) is 35.8. The van der Waals surface area contributed by atoms with Gasteiger partial charge in [0.25, 0.3) is 0 Å². The number of nitrogens with two attached hydrogens (primary N) is 1. The summed E-state index contributed by atoms with van der Waals surface area (Å²) in [5, 5.41) is 5.48. The molecular formula is C18H35N3O3. The van der Waals surface area contributed by atoms with Crippen LogP contribution in [0.25, 0.3) is 0 Å². The Hall–Kier alpha value is -1.43. The lowest BCUT2D eigenvalue weighted by Crippen LogP contribution is -2.54. The fraction of sp³-hybridized carbons (Fsp3) is 0.833. The predicted molar refractivity (Wildman–Crippen MR) is 96.3 cm³/mol. The number of carbonyl (C=O) groups excluding carboxylic acids is 3. The van der Waals surface area contributed by atoms with Crippen molar-refractivity contribution in [3.63, 3.8) is 0 Å². The van der Waals surface area contributed by atoms with Gasteiger partial charge in [-0.2, -0.15) is 0 Å². The molecule has 140 valence electrons. The van der Waals surface area contributed by atoms with E-state index in [4.69, 9.17) is 5.73 Å². The van der Waals surface area contributed by atoms with E-state index >= 15 is 0 Å². The zero-order chi connectivity index (χ0) is 18.7. The van der Waals surface area contributed by atoms with Gasteiger partial charge in [0, 0.05) is 0 Å². The molecule has 6 nitrogen and oxygen atoms in total. The highest BCUT2D eigenvalue weighted by Gasteiger charge is 2.26. The molecule has 0 heterocycles. The van der Waals surface area contributed by atoms with Crippen molar-refractivity contribution in [2.75, 3.05) is 0 Å². The summed E-state index contributed by atoms with van der Waals surface area (Å²) in [7, 11) is 0. The van der Waals surface area contributed by atoms with E-state index in [1.807, 2.05) is 34.6 Å². The number of amides is 2. The van der Waals surface area contributed by atoms with Crippen LogP contribution in [0.4, 0.5) is 0 Å². The average molecular weight is 341 g/mol. The quantitative estimate of drug-likeness (QED) is 0.471. The molecule has 0 aliphatic heterocycles. The molecule has 0 saturated heterocycles. The molecule has 4 N–H and O–H groups in total. The first-order valence-electron chi connectivity index (χ1n) is 9.02. The summed E-state index contributed by atoms with van der Waals surface area (Å²) in [5.74, 6) is -0.105. The molecule has 0 aromatic heterocycles. The van der Waals surface area contributed by atoms with Crippen molar-refractivity contribution in [1.29, 1.82) is 0 Å². The van der Waals surface area contributed by atoms with Crippen molar-refractivity contribution >= 4 is 18.1 Å². The van der Waals surface area contributed by atoms with E-state index in [1.165, 1.54) is 0 Å². The van der Waals surface area contributed by atoms with Gasteiger partial charge in [0.2, 0.25) is 11.8 Å². The molecule has 6 heteroatoms. The van der Waals surface area contributed by atoms with Gasteiger partial charge in [0.1, 0.15) is 12.3 Å².